The molecule has 3 N–H and O–H groups in total. The Hall–Kier alpha value is -3.02. The highest BCUT2D eigenvalue weighted by atomic mass is 35.5. The van der Waals surface area contributed by atoms with Gasteiger partial charge in [0.2, 0.25) is 0 Å². The number of nitrogens with one attached hydrogen (secondary N) is 3. The van der Waals surface area contributed by atoms with Crippen LogP contribution < -0.4 is 20.9 Å². The van der Waals surface area contributed by atoms with E-state index in [1.807, 2.05) is 61.5 Å². The smallest absolute Gasteiger partial charge is 0.257 e. The zero-order valence-electron chi connectivity index (χ0n) is 18.1. The van der Waals surface area contributed by atoms with E-state index in [4.69, 9.17) is 11.6 Å². The first-order valence-corrected chi connectivity index (χ1v) is 11.4. The van der Waals surface area contributed by atoms with Crippen LogP contribution >= 0.6 is 11.6 Å². The number of nitrogens with zero attached hydrogens (tertiary/aromatic N) is 1. The number of carbonyl (C=O) groups excluding carboxylic acids is 1. The normalized spacial score (nSPS) is 16.6. The van der Waals surface area contributed by atoms with Crippen LogP contribution in [-0.4, -0.2) is 31.1 Å². The lowest BCUT2D eigenvalue weighted by Gasteiger charge is -2.35. The van der Waals surface area contributed by atoms with Crippen LogP contribution in [0.2, 0.25) is 5.02 Å². The molecule has 2 fully saturated rings. The largest absolute Gasteiger partial charge is 0.368 e. The molecule has 1 amide bonds. The van der Waals surface area contributed by atoms with E-state index >= 15 is 0 Å². The average molecular weight is 447 g/mol. The van der Waals surface area contributed by atoms with Gasteiger partial charge in [0.25, 0.3) is 5.91 Å². The fraction of sp³-hybridized carbons (Fsp3) is 0.269. The molecule has 2 aliphatic rings. The zero-order valence-corrected chi connectivity index (χ0v) is 18.9. The Kier molecular flexibility index (Phi) is 5.53. The molecule has 0 unspecified atom stereocenters. The maximum atomic E-state index is 13.1. The quantitative estimate of drug-likeness (QED) is 0.478. The van der Waals surface area contributed by atoms with E-state index in [0.717, 1.165) is 42.3 Å². The van der Waals surface area contributed by atoms with Crippen molar-refractivity contribution in [2.75, 3.05) is 35.2 Å². The zero-order chi connectivity index (χ0) is 22.1. The molecular weight excluding hydrogens is 420 g/mol. The van der Waals surface area contributed by atoms with E-state index < -0.39 is 0 Å². The number of carbonyl (C=O) groups is 1. The number of hydrogen-bond donors (Lipinski definition) is 3. The summed E-state index contributed by atoms with van der Waals surface area (Å²) in [7, 11) is 0. The van der Waals surface area contributed by atoms with Crippen molar-refractivity contribution < 1.29 is 4.79 Å². The number of rotatable bonds is 5. The first-order chi connectivity index (χ1) is 15.5. The summed E-state index contributed by atoms with van der Waals surface area (Å²) in [6.45, 7) is 5.04. The summed E-state index contributed by atoms with van der Waals surface area (Å²) in [6, 6.07) is 21.3. The molecule has 1 saturated heterocycles. The van der Waals surface area contributed by atoms with Crippen molar-refractivity contribution in [3.05, 3.63) is 82.9 Å². The fourth-order valence-corrected chi connectivity index (χ4v) is 4.47. The molecule has 3 aromatic carbocycles. The van der Waals surface area contributed by atoms with Crippen LogP contribution in [0.1, 0.15) is 28.8 Å². The van der Waals surface area contributed by atoms with E-state index in [1.165, 1.54) is 18.5 Å². The third-order valence-electron chi connectivity index (χ3n) is 6.43. The second-order valence-electron chi connectivity index (χ2n) is 8.71. The van der Waals surface area contributed by atoms with E-state index in [1.54, 1.807) is 0 Å². The molecule has 0 bridgehead atoms. The Labute approximate surface area is 193 Å². The van der Waals surface area contributed by atoms with Crippen LogP contribution in [0.25, 0.3) is 0 Å². The van der Waals surface area contributed by atoms with Crippen LogP contribution in [0.3, 0.4) is 0 Å². The summed E-state index contributed by atoms with van der Waals surface area (Å²) >= 11 is 6.25. The van der Waals surface area contributed by atoms with E-state index in [2.05, 4.69) is 33.0 Å². The maximum absolute atomic E-state index is 13.1. The van der Waals surface area contributed by atoms with Crippen molar-refractivity contribution in [1.29, 1.82) is 0 Å². The minimum Gasteiger partial charge on any atom is -0.368 e. The fourth-order valence-electron chi connectivity index (χ4n) is 4.29. The SMILES string of the molecule is Cc1c(Cl)cccc1Nc1ccccc1C(=O)Nc1ccc(N2CCNC3(CC3)C2)cc1. The van der Waals surface area contributed by atoms with Crippen LogP contribution in [0, 0.1) is 6.92 Å². The van der Waals surface area contributed by atoms with Crippen molar-refractivity contribution in [2.24, 2.45) is 0 Å². The maximum Gasteiger partial charge on any atom is 0.257 e. The second-order valence-corrected chi connectivity index (χ2v) is 9.12. The van der Waals surface area contributed by atoms with E-state index in [-0.39, 0.29) is 5.91 Å². The van der Waals surface area contributed by atoms with Crippen molar-refractivity contribution in [1.82, 2.24) is 5.32 Å². The molecule has 1 aliphatic carbocycles. The van der Waals surface area contributed by atoms with Crippen molar-refractivity contribution >= 4 is 40.3 Å². The third-order valence-corrected chi connectivity index (χ3v) is 6.84. The minimum absolute atomic E-state index is 0.153. The Balaban J connectivity index is 1.29. The minimum atomic E-state index is -0.153. The highest BCUT2D eigenvalue weighted by Gasteiger charge is 2.45. The number of hydrogen-bond acceptors (Lipinski definition) is 4. The van der Waals surface area contributed by atoms with Gasteiger partial charge in [-0.25, -0.2) is 0 Å². The van der Waals surface area contributed by atoms with Crippen LogP contribution in [-0.2, 0) is 0 Å². The van der Waals surface area contributed by atoms with Gasteiger partial charge in [0.1, 0.15) is 0 Å². The van der Waals surface area contributed by atoms with Gasteiger partial charge in [-0.15, -0.1) is 0 Å². The van der Waals surface area contributed by atoms with Crippen LogP contribution in [0.4, 0.5) is 22.7 Å². The summed E-state index contributed by atoms with van der Waals surface area (Å²) in [5.74, 6) is -0.153. The summed E-state index contributed by atoms with van der Waals surface area (Å²) in [6.07, 6.45) is 2.53. The lowest BCUT2D eigenvalue weighted by Crippen LogP contribution is -2.52. The van der Waals surface area contributed by atoms with Gasteiger partial charge >= 0.3 is 0 Å². The van der Waals surface area contributed by atoms with Gasteiger partial charge < -0.3 is 20.9 Å². The van der Waals surface area contributed by atoms with Gasteiger partial charge in [-0.3, -0.25) is 4.79 Å². The average Bonchev–Trinajstić information content (AvgIpc) is 3.55. The number of para-hydroxylation sites is 1. The van der Waals surface area contributed by atoms with Crippen molar-refractivity contribution in [3.63, 3.8) is 0 Å². The Morgan fingerprint density at radius 1 is 1.00 bits per heavy atom. The summed E-state index contributed by atoms with van der Waals surface area (Å²) < 4.78 is 0. The highest BCUT2D eigenvalue weighted by molar-refractivity contribution is 6.31. The second kappa shape index (κ2) is 8.49. The molecule has 3 aromatic rings. The van der Waals surface area contributed by atoms with Gasteiger partial charge in [-0.05, 0) is 73.9 Å². The van der Waals surface area contributed by atoms with Gasteiger partial charge in [0.15, 0.2) is 0 Å². The summed E-state index contributed by atoms with van der Waals surface area (Å²) in [4.78, 5) is 15.5. The molecular formula is C26H27ClN4O. The molecule has 1 spiro atoms. The molecule has 32 heavy (non-hydrogen) atoms. The topological polar surface area (TPSA) is 56.4 Å². The van der Waals surface area contributed by atoms with Gasteiger partial charge in [0, 0.05) is 47.3 Å². The highest BCUT2D eigenvalue weighted by Crippen LogP contribution is 2.38. The molecule has 0 atom stereocenters. The van der Waals surface area contributed by atoms with Gasteiger partial charge in [-0.1, -0.05) is 29.8 Å². The Bertz CT molecular complexity index is 1140. The van der Waals surface area contributed by atoms with E-state index in [9.17, 15) is 4.79 Å². The molecule has 0 radical (unpaired) electrons. The Morgan fingerprint density at radius 3 is 2.53 bits per heavy atom. The monoisotopic (exact) mass is 446 g/mol. The summed E-state index contributed by atoms with van der Waals surface area (Å²) in [5, 5.41) is 10.7. The standard InChI is InChI=1S/C26H27ClN4O/c1-18-22(27)6-4-8-23(18)30-24-7-3-2-5-21(24)25(32)29-19-9-11-20(12-10-19)31-16-15-28-26(17-31)13-14-26/h2-12,28,30H,13-17H2,1H3,(H,29,32). The molecule has 5 nitrogen and oxygen atoms in total. The third kappa shape index (κ3) is 4.31. The van der Waals surface area contributed by atoms with Gasteiger partial charge in [-0.2, -0.15) is 0 Å². The number of anilines is 4. The van der Waals surface area contributed by atoms with Crippen molar-refractivity contribution in [3.8, 4) is 0 Å². The van der Waals surface area contributed by atoms with Crippen LogP contribution in [0.5, 0.6) is 0 Å². The van der Waals surface area contributed by atoms with Crippen LogP contribution in [0.15, 0.2) is 66.7 Å². The Morgan fingerprint density at radius 2 is 1.75 bits per heavy atom. The lowest BCUT2D eigenvalue weighted by molar-refractivity contribution is 0.102. The number of amides is 1. The number of piperazine rings is 1. The van der Waals surface area contributed by atoms with E-state index in [0.29, 0.717) is 16.1 Å². The number of halogens is 1. The molecule has 164 valence electrons. The first-order valence-electron chi connectivity index (χ1n) is 11.1. The van der Waals surface area contributed by atoms with Crippen molar-refractivity contribution in [2.45, 2.75) is 25.3 Å². The predicted octanol–water partition coefficient (Wildman–Crippen LogP) is 5.59. The first kappa shape index (κ1) is 20.9. The summed E-state index contributed by atoms with van der Waals surface area (Å²) in [5.41, 5.74) is 5.46. The molecule has 1 aliphatic heterocycles. The van der Waals surface area contributed by atoms with Gasteiger partial charge in [0.05, 0.1) is 11.3 Å². The molecule has 1 saturated carbocycles. The lowest BCUT2D eigenvalue weighted by atomic mass is 10.1. The number of benzene rings is 3. The predicted molar refractivity (Wildman–Crippen MR) is 132 cm³/mol. The molecule has 0 aromatic heterocycles. The molecule has 1 heterocycles. The molecule has 5 rings (SSSR count). The molecule has 6 heteroatoms.